The van der Waals surface area contributed by atoms with E-state index in [1.54, 1.807) is 47.4 Å². The highest BCUT2D eigenvalue weighted by Gasteiger charge is 2.07. The summed E-state index contributed by atoms with van der Waals surface area (Å²) in [5.74, 6) is 2.01. The molecule has 0 unspecified atom stereocenters. The number of carbonyl (C=O) groups is 1. The van der Waals surface area contributed by atoms with Crippen molar-refractivity contribution in [3.63, 3.8) is 0 Å². The van der Waals surface area contributed by atoms with Crippen LogP contribution in [0.1, 0.15) is 5.56 Å². The number of para-hydroxylation sites is 1. The zero-order valence-electron chi connectivity index (χ0n) is 16.2. The van der Waals surface area contributed by atoms with Crippen molar-refractivity contribution in [3.8, 4) is 23.2 Å². The lowest BCUT2D eigenvalue weighted by Gasteiger charge is -2.10. The van der Waals surface area contributed by atoms with Crippen LogP contribution in [0.2, 0.25) is 0 Å². The van der Waals surface area contributed by atoms with E-state index < -0.39 is 0 Å². The lowest BCUT2D eigenvalue weighted by atomic mass is 10.2. The van der Waals surface area contributed by atoms with Crippen molar-refractivity contribution < 1.29 is 14.3 Å². The van der Waals surface area contributed by atoms with Crippen LogP contribution >= 0.6 is 0 Å². The van der Waals surface area contributed by atoms with Crippen LogP contribution in [-0.2, 0) is 4.79 Å². The highest BCUT2D eigenvalue weighted by Crippen LogP contribution is 2.22. The van der Waals surface area contributed by atoms with Crippen molar-refractivity contribution in [2.75, 3.05) is 11.9 Å². The molecule has 4 rings (SSSR count). The van der Waals surface area contributed by atoms with E-state index in [0.717, 1.165) is 5.56 Å². The van der Waals surface area contributed by atoms with E-state index in [-0.39, 0.29) is 12.5 Å². The summed E-state index contributed by atoms with van der Waals surface area (Å²) in [5, 5.41) is 6.93. The fourth-order valence-electron chi connectivity index (χ4n) is 2.70. The lowest BCUT2D eigenvalue weighted by Crippen LogP contribution is -2.20. The number of hydrogen-bond donors (Lipinski definition) is 1. The Morgan fingerprint density at radius 3 is 2.67 bits per heavy atom. The number of anilines is 1. The molecule has 0 aliphatic carbocycles. The number of aryl methyl sites for hydroxylation is 1. The standard InChI is InChI=1S/C22H19N5O3/c1-16-5-2-3-6-19(16)29-14-21(28)26-17-7-9-18(10-8-17)30-22-13-20(23-15-24-22)27-12-4-11-25-27/h2-13,15H,14H2,1H3,(H,26,28). The quantitative estimate of drug-likeness (QED) is 0.507. The Morgan fingerprint density at radius 2 is 1.90 bits per heavy atom. The second-order valence-corrected chi connectivity index (χ2v) is 6.39. The second kappa shape index (κ2) is 8.87. The number of hydrogen-bond acceptors (Lipinski definition) is 6. The van der Waals surface area contributed by atoms with E-state index in [4.69, 9.17) is 9.47 Å². The van der Waals surface area contributed by atoms with Crippen LogP contribution in [0.4, 0.5) is 5.69 Å². The van der Waals surface area contributed by atoms with Gasteiger partial charge < -0.3 is 14.8 Å². The third-order valence-electron chi connectivity index (χ3n) is 4.18. The summed E-state index contributed by atoms with van der Waals surface area (Å²) >= 11 is 0. The Kier molecular flexibility index (Phi) is 5.66. The summed E-state index contributed by atoms with van der Waals surface area (Å²) in [6.07, 6.45) is 4.86. The van der Waals surface area contributed by atoms with Gasteiger partial charge in [0.05, 0.1) is 0 Å². The second-order valence-electron chi connectivity index (χ2n) is 6.39. The number of carbonyl (C=O) groups excluding carboxylic acids is 1. The Balaban J connectivity index is 1.33. The van der Waals surface area contributed by atoms with Gasteiger partial charge in [-0.15, -0.1) is 0 Å². The minimum Gasteiger partial charge on any atom is -0.483 e. The molecule has 1 N–H and O–H groups in total. The molecule has 2 aromatic heterocycles. The molecule has 8 heteroatoms. The molecular weight excluding hydrogens is 382 g/mol. The first-order valence-electron chi connectivity index (χ1n) is 9.26. The molecular formula is C22H19N5O3. The number of benzene rings is 2. The van der Waals surface area contributed by atoms with Gasteiger partial charge in [0, 0.05) is 24.1 Å². The molecule has 8 nitrogen and oxygen atoms in total. The summed E-state index contributed by atoms with van der Waals surface area (Å²) in [6, 6.07) is 18.0. The summed E-state index contributed by atoms with van der Waals surface area (Å²) in [6.45, 7) is 1.86. The molecule has 150 valence electrons. The number of nitrogens with one attached hydrogen (secondary N) is 1. The SMILES string of the molecule is Cc1ccccc1OCC(=O)Nc1ccc(Oc2cc(-n3cccn3)ncn2)cc1. The van der Waals surface area contributed by atoms with Crippen LogP contribution in [0.25, 0.3) is 5.82 Å². The van der Waals surface area contributed by atoms with E-state index in [0.29, 0.717) is 28.9 Å². The van der Waals surface area contributed by atoms with E-state index in [1.807, 2.05) is 37.3 Å². The van der Waals surface area contributed by atoms with Crippen LogP contribution in [-0.4, -0.2) is 32.3 Å². The summed E-state index contributed by atoms with van der Waals surface area (Å²) < 4.78 is 12.9. The maximum Gasteiger partial charge on any atom is 0.262 e. The molecule has 2 heterocycles. The Bertz CT molecular complexity index is 1130. The summed E-state index contributed by atoms with van der Waals surface area (Å²) in [5.41, 5.74) is 1.62. The fourth-order valence-corrected chi connectivity index (χ4v) is 2.70. The lowest BCUT2D eigenvalue weighted by molar-refractivity contribution is -0.118. The Hall–Kier alpha value is -4.20. The van der Waals surface area contributed by atoms with Gasteiger partial charge in [0.1, 0.15) is 17.8 Å². The van der Waals surface area contributed by atoms with Crippen molar-refractivity contribution in [2.24, 2.45) is 0 Å². The molecule has 0 saturated heterocycles. The summed E-state index contributed by atoms with van der Waals surface area (Å²) in [7, 11) is 0. The zero-order valence-corrected chi connectivity index (χ0v) is 16.2. The van der Waals surface area contributed by atoms with Gasteiger partial charge in [0.25, 0.3) is 5.91 Å². The molecule has 1 amide bonds. The van der Waals surface area contributed by atoms with Crippen molar-refractivity contribution in [2.45, 2.75) is 6.92 Å². The van der Waals surface area contributed by atoms with E-state index in [1.165, 1.54) is 6.33 Å². The molecule has 0 bridgehead atoms. The van der Waals surface area contributed by atoms with Crippen LogP contribution in [0.3, 0.4) is 0 Å². The van der Waals surface area contributed by atoms with Gasteiger partial charge in [-0.25, -0.2) is 14.6 Å². The molecule has 0 atom stereocenters. The van der Waals surface area contributed by atoms with Gasteiger partial charge in [0.15, 0.2) is 12.4 Å². The first kappa shape index (κ1) is 19.1. The number of rotatable bonds is 7. The van der Waals surface area contributed by atoms with Crippen LogP contribution in [0.5, 0.6) is 17.4 Å². The summed E-state index contributed by atoms with van der Waals surface area (Å²) in [4.78, 5) is 20.4. The third kappa shape index (κ3) is 4.79. The largest absolute Gasteiger partial charge is 0.483 e. The maximum absolute atomic E-state index is 12.1. The van der Waals surface area contributed by atoms with Crippen molar-refractivity contribution >= 4 is 11.6 Å². The molecule has 0 aliphatic heterocycles. The van der Waals surface area contributed by atoms with E-state index in [2.05, 4.69) is 20.4 Å². The van der Waals surface area contributed by atoms with Gasteiger partial charge in [-0.05, 0) is 48.9 Å². The minimum atomic E-state index is -0.244. The van der Waals surface area contributed by atoms with Crippen molar-refractivity contribution in [1.29, 1.82) is 0 Å². The number of ether oxygens (including phenoxy) is 2. The van der Waals surface area contributed by atoms with Crippen LogP contribution < -0.4 is 14.8 Å². The van der Waals surface area contributed by atoms with Gasteiger partial charge in [0.2, 0.25) is 5.88 Å². The normalized spacial score (nSPS) is 10.4. The average Bonchev–Trinajstić information content (AvgIpc) is 3.30. The first-order chi connectivity index (χ1) is 14.7. The van der Waals surface area contributed by atoms with Crippen molar-refractivity contribution in [3.05, 3.63) is 84.9 Å². The maximum atomic E-state index is 12.1. The average molecular weight is 401 g/mol. The number of aromatic nitrogens is 4. The Morgan fingerprint density at radius 1 is 1.07 bits per heavy atom. The number of amides is 1. The zero-order chi connectivity index (χ0) is 20.8. The molecule has 0 spiro atoms. The molecule has 2 aromatic carbocycles. The fraction of sp³-hybridized carbons (Fsp3) is 0.0909. The number of nitrogens with zero attached hydrogens (tertiary/aromatic N) is 4. The molecule has 0 fully saturated rings. The van der Waals surface area contributed by atoms with Gasteiger partial charge >= 0.3 is 0 Å². The van der Waals surface area contributed by atoms with Gasteiger partial charge in [-0.1, -0.05) is 18.2 Å². The smallest absolute Gasteiger partial charge is 0.262 e. The molecule has 0 aliphatic rings. The van der Waals surface area contributed by atoms with Crippen molar-refractivity contribution in [1.82, 2.24) is 19.7 Å². The highest BCUT2D eigenvalue weighted by atomic mass is 16.5. The molecule has 0 radical (unpaired) electrons. The topological polar surface area (TPSA) is 91.2 Å². The molecule has 0 saturated carbocycles. The predicted molar refractivity (Wildman–Crippen MR) is 111 cm³/mol. The minimum absolute atomic E-state index is 0.0692. The third-order valence-corrected chi connectivity index (χ3v) is 4.18. The predicted octanol–water partition coefficient (Wildman–Crippen LogP) is 3.78. The van der Waals surface area contributed by atoms with Crippen LogP contribution in [0.15, 0.2) is 79.4 Å². The van der Waals surface area contributed by atoms with Crippen LogP contribution in [0, 0.1) is 6.92 Å². The Labute approximate surface area is 173 Å². The first-order valence-corrected chi connectivity index (χ1v) is 9.26. The molecule has 4 aromatic rings. The highest BCUT2D eigenvalue weighted by molar-refractivity contribution is 5.91. The van der Waals surface area contributed by atoms with Gasteiger partial charge in [-0.3, -0.25) is 4.79 Å². The molecule has 30 heavy (non-hydrogen) atoms. The van der Waals surface area contributed by atoms with Gasteiger partial charge in [-0.2, -0.15) is 5.10 Å². The van der Waals surface area contributed by atoms with E-state index >= 15 is 0 Å². The monoisotopic (exact) mass is 401 g/mol. The van der Waals surface area contributed by atoms with E-state index in [9.17, 15) is 4.79 Å².